The monoisotopic (exact) mass is 195 g/mol. The quantitative estimate of drug-likeness (QED) is 0.600. The van der Waals surface area contributed by atoms with E-state index in [1.807, 2.05) is 0 Å². The molecule has 1 aliphatic carbocycles. The van der Waals surface area contributed by atoms with Crippen LogP contribution in [0.2, 0.25) is 12.1 Å². The fraction of sp³-hybridized carbons (Fsp3) is 1.00. The zero-order valence-corrected chi connectivity index (χ0v) is 9.25. The minimum Gasteiger partial charge on any atom is -0.366 e. The number of hydrogen-bond donors (Lipinski definition) is 1. The van der Waals surface area contributed by atoms with Gasteiger partial charge in [0.2, 0.25) is 0 Å². The molecule has 1 saturated heterocycles. The van der Waals surface area contributed by atoms with Crippen LogP contribution in [0.3, 0.4) is 0 Å². The number of ether oxygens (including phenoxy) is 1. The fourth-order valence-electron chi connectivity index (χ4n) is 2.48. The van der Waals surface area contributed by atoms with Gasteiger partial charge >= 0.3 is 0 Å². The lowest BCUT2D eigenvalue weighted by Gasteiger charge is -2.38. The highest BCUT2D eigenvalue weighted by atomic mass is 16.6. The van der Waals surface area contributed by atoms with Crippen molar-refractivity contribution < 1.29 is 9.84 Å². The molecule has 1 radical (unpaired) electrons. The van der Waals surface area contributed by atoms with Crippen molar-refractivity contribution in [2.45, 2.75) is 57.5 Å². The number of rotatable bonds is 0. The maximum atomic E-state index is 10.3. The number of fused-ring (bicyclic) bond motifs is 1. The molecule has 1 aliphatic heterocycles. The number of aliphatic hydroxyl groups is 1. The summed E-state index contributed by atoms with van der Waals surface area (Å²) in [5.74, 6) is -0.579. The fourth-order valence-corrected chi connectivity index (χ4v) is 2.48. The minimum absolute atomic E-state index is 0.188. The smallest absolute Gasteiger partial charge is 0.161 e. The maximum Gasteiger partial charge on any atom is 0.161 e. The molecule has 2 fully saturated rings. The molecule has 1 heterocycles. The lowest BCUT2D eigenvalue weighted by molar-refractivity contribution is -0.226. The average Bonchev–Trinajstić information content (AvgIpc) is 2.25. The summed E-state index contributed by atoms with van der Waals surface area (Å²) in [6.45, 7) is 5.07. The van der Waals surface area contributed by atoms with Crippen LogP contribution >= 0.6 is 0 Å². The highest BCUT2D eigenvalue weighted by Gasteiger charge is 2.43. The first-order chi connectivity index (χ1) is 6.52. The van der Waals surface area contributed by atoms with Crippen LogP contribution in [0.25, 0.3) is 0 Å². The van der Waals surface area contributed by atoms with Gasteiger partial charge in [-0.05, 0) is 17.7 Å². The molecule has 2 aliphatic rings. The van der Waals surface area contributed by atoms with Gasteiger partial charge in [0.15, 0.2) is 5.79 Å². The van der Waals surface area contributed by atoms with E-state index >= 15 is 0 Å². The Labute approximate surface area is 87.3 Å². The van der Waals surface area contributed by atoms with Crippen LogP contribution in [-0.2, 0) is 4.74 Å². The maximum absolute atomic E-state index is 10.3. The third-order valence-electron chi connectivity index (χ3n) is 3.55. The second-order valence-electron chi connectivity index (χ2n) is 5.59. The van der Waals surface area contributed by atoms with E-state index in [1.165, 1.54) is 6.42 Å². The number of hydrogen-bond acceptors (Lipinski definition) is 2. The van der Waals surface area contributed by atoms with Crippen molar-refractivity contribution in [1.29, 1.82) is 0 Å². The van der Waals surface area contributed by atoms with Gasteiger partial charge in [0.1, 0.15) is 7.28 Å². The zero-order chi connectivity index (χ0) is 10.2. The molecule has 0 aromatic rings. The molecule has 3 heteroatoms. The first-order valence-electron chi connectivity index (χ1n) is 5.72. The summed E-state index contributed by atoms with van der Waals surface area (Å²) in [6.07, 6.45) is 5.28. The van der Waals surface area contributed by atoms with Crippen LogP contribution in [-0.4, -0.2) is 24.8 Å². The molecule has 0 bridgehead atoms. The summed E-state index contributed by atoms with van der Waals surface area (Å²) in [5, 5.41) is 10.3. The lowest BCUT2D eigenvalue weighted by atomic mass is 9.51. The largest absolute Gasteiger partial charge is 0.366 e. The van der Waals surface area contributed by atoms with Crippen LogP contribution in [0.15, 0.2) is 0 Å². The van der Waals surface area contributed by atoms with Crippen molar-refractivity contribution in [2.24, 2.45) is 5.41 Å². The van der Waals surface area contributed by atoms with E-state index in [1.54, 1.807) is 0 Å². The van der Waals surface area contributed by atoms with Crippen molar-refractivity contribution in [3.63, 3.8) is 0 Å². The third-order valence-corrected chi connectivity index (χ3v) is 3.55. The molecule has 0 aromatic heterocycles. The van der Waals surface area contributed by atoms with Gasteiger partial charge in [-0.3, -0.25) is 0 Å². The van der Waals surface area contributed by atoms with Gasteiger partial charge in [0.25, 0.3) is 0 Å². The Bertz CT molecular complexity index is 217. The lowest BCUT2D eigenvalue weighted by Crippen LogP contribution is -2.41. The van der Waals surface area contributed by atoms with Gasteiger partial charge in [-0.25, -0.2) is 0 Å². The molecule has 2 nitrogen and oxygen atoms in total. The summed E-state index contributed by atoms with van der Waals surface area (Å²) < 4.78 is 5.73. The Balaban J connectivity index is 2.11. The SMILES string of the molecule is CC1(C)C[B]C2CCCCC2(O)OC1. The van der Waals surface area contributed by atoms with Gasteiger partial charge in [0.05, 0.1) is 6.61 Å². The van der Waals surface area contributed by atoms with E-state index in [0.29, 0.717) is 6.61 Å². The van der Waals surface area contributed by atoms with Crippen molar-refractivity contribution in [1.82, 2.24) is 0 Å². The summed E-state index contributed by atoms with van der Waals surface area (Å²) >= 11 is 0. The molecule has 0 amide bonds. The molecule has 2 rings (SSSR count). The Morgan fingerprint density at radius 2 is 2.14 bits per heavy atom. The second-order valence-corrected chi connectivity index (χ2v) is 5.59. The van der Waals surface area contributed by atoms with Crippen molar-refractivity contribution in [3.05, 3.63) is 0 Å². The van der Waals surface area contributed by atoms with Gasteiger partial charge < -0.3 is 9.84 Å². The van der Waals surface area contributed by atoms with Crippen molar-refractivity contribution >= 4 is 7.28 Å². The van der Waals surface area contributed by atoms with E-state index in [0.717, 1.165) is 25.6 Å². The summed E-state index contributed by atoms with van der Waals surface area (Å²) in [5.41, 5.74) is 0.188. The van der Waals surface area contributed by atoms with E-state index in [9.17, 15) is 5.11 Å². The molecular formula is C11H20BO2. The topological polar surface area (TPSA) is 29.5 Å². The zero-order valence-electron chi connectivity index (χ0n) is 9.25. The standard InChI is InChI=1S/C11H20BO2/c1-10(2)7-12-9-5-3-4-6-11(9,13)14-8-10/h9,13H,3-8H2,1-2H3. The molecule has 2 atom stereocenters. The molecule has 2 unspecified atom stereocenters. The Morgan fingerprint density at radius 3 is 2.93 bits per heavy atom. The van der Waals surface area contributed by atoms with Gasteiger partial charge in [-0.15, -0.1) is 0 Å². The van der Waals surface area contributed by atoms with Crippen LogP contribution in [0.1, 0.15) is 39.5 Å². The van der Waals surface area contributed by atoms with E-state index < -0.39 is 5.79 Å². The summed E-state index contributed by atoms with van der Waals surface area (Å²) in [4.78, 5) is 0. The van der Waals surface area contributed by atoms with E-state index in [4.69, 9.17) is 4.74 Å². The molecule has 14 heavy (non-hydrogen) atoms. The Hall–Kier alpha value is -0.0151. The average molecular weight is 195 g/mol. The van der Waals surface area contributed by atoms with Crippen LogP contribution in [0.4, 0.5) is 0 Å². The van der Waals surface area contributed by atoms with Gasteiger partial charge in [-0.1, -0.05) is 33.0 Å². The van der Waals surface area contributed by atoms with Crippen molar-refractivity contribution in [2.75, 3.05) is 6.61 Å². The van der Waals surface area contributed by atoms with Gasteiger partial charge in [0, 0.05) is 6.42 Å². The highest BCUT2D eigenvalue weighted by molar-refractivity contribution is 6.38. The normalized spacial score (nSPS) is 42.1. The predicted molar refractivity (Wildman–Crippen MR) is 57.5 cm³/mol. The highest BCUT2D eigenvalue weighted by Crippen LogP contribution is 2.44. The molecule has 1 saturated carbocycles. The first kappa shape index (κ1) is 10.5. The van der Waals surface area contributed by atoms with Crippen LogP contribution < -0.4 is 0 Å². The summed E-state index contributed by atoms with van der Waals surface area (Å²) in [6, 6.07) is 0. The second kappa shape index (κ2) is 3.53. The molecular weight excluding hydrogens is 175 g/mol. The van der Waals surface area contributed by atoms with E-state index in [2.05, 4.69) is 21.1 Å². The van der Waals surface area contributed by atoms with Gasteiger partial charge in [-0.2, -0.15) is 0 Å². The third kappa shape index (κ3) is 1.99. The predicted octanol–water partition coefficient (Wildman–Crippen LogP) is 2.22. The Kier molecular flexibility index (Phi) is 2.65. The van der Waals surface area contributed by atoms with Crippen LogP contribution in [0, 0.1) is 5.41 Å². The molecule has 0 spiro atoms. The van der Waals surface area contributed by atoms with Crippen molar-refractivity contribution in [3.8, 4) is 0 Å². The minimum atomic E-state index is -0.841. The summed E-state index contributed by atoms with van der Waals surface area (Å²) in [7, 11) is 2.28. The molecule has 79 valence electrons. The first-order valence-corrected chi connectivity index (χ1v) is 5.72. The Morgan fingerprint density at radius 1 is 1.36 bits per heavy atom. The van der Waals surface area contributed by atoms with E-state index in [-0.39, 0.29) is 11.2 Å². The molecule has 1 N–H and O–H groups in total. The molecule has 0 aromatic carbocycles. The van der Waals surface area contributed by atoms with Crippen LogP contribution in [0.5, 0.6) is 0 Å².